The maximum Gasteiger partial charge on any atom is 0.178 e. The maximum atomic E-state index is 12.9. The van der Waals surface area contributed by atoms with Crippen LogP contribution in [0.3, 0.4) is 0 Å². The molecule has 21 heavy (non-hydrogen) atoms. The molecule has 1 aromatic carbocycles. The Morgan fingerprint density at radius 1 is 1.19 bits per heavy atom. The summed E-state index contributed by atoms with van der Waals surface area (Å²) < 4.78 is 0. The van der Waals surface area contributed by atoms with Crippen LogP contribution in [-0.2, 0) is 0 Å². The minimum Gasteiger partial charge on any atom is -0.329 e. The lowest BCUT2D eigenvalue weighted by atomic mass is 9.78. The van der Waals surface area contributed by atoms with Gasteiger partial charge in [-0.3, -0.25) is 9.78 Å². The van der Waals surface area contributed by atoms with Crippen LogP contribution in [0.15, 0.2) is 53.8 Å². The molecule has 1 aromatic heterocycles. The summed E-state index contributed by atoms with van der Waals surface area (Å²) >= 11 is 0. The van der Waals surface area contributed by atoms with Crippen LogP contribution in [0.5, 0.6) is 0 Å². The number of carbonyl (C=O) groups is 1. The fraction of sp³-hybridized carbons (Fsp3) is 0.235. The zero-order chi connectivity index (χ0) is 14.4. The van der Waals surface area contributed by atoms with Gasteiger partial charge in [0.25, 0.3) is 0 Å². The van der Waals surface area contributed by atoms with E-state index in [4.69, 9.17) is 4.99 Å². The van der Waals surface area contributed by atoms with E-state index in [9.17, 15) is 4.79 Å². The van der Waals surface area contributed by atoms with Crippen molar-refractivity contribution in [1.82, 2.24) is 4.98 Å². The molecule has 3 heterocycles. The number of hydrogen-bond donors (Lipinski definition) is 0. The Balaban J connectivity index is 1.88. The molecule has 104 valence electrons. The third-order valence-electron chi connectivity index (χ3n) is 4.42. The van der Waals surface area contributed by atoms with Crippen molar-refractivity contribution >= 4 is 23.0 Å². The average Bonchev–Trinajstić information content (AvgIpc) is 2.87. The molecule has 1 unspecified atom stereocenters. The number of para-hydroxylation sites is 1. The van der Waals surface area contributed by atoms with E-state index in [1.807, 2.05) is 25.1 Å². The number of aliphatic imine (C=N–C) groups is 1. The summed E-state index contributed by atoms with van der Waals surface area (Å²) in [4.78, 5) is 23.8. The molecule has 2 aliphatic rings. The molecule has 0 amide bonds. The number of amidine groups is 1. The van der Waals surface area contributed by atoms with Crippen LogP contribution in [0.25, 0.3) is 0 Å². The second kappa shape index (κ2) is 4.25. The van der Waals surface area contributed by atoms with Crippen LogP contribution >= 0.6 is 0 Å². The number of anilines is 1. The van der Waals surface area contributed by atoms with Crippen molar-refractivity contribution < 1.29 is 4.79 Å². The summed E-state index contributed by atoms with van der Waals surface area (Å²) in [5.41, 5.74) is 1.92. The minimum atomic E-state index is -0.524. The molecule has 0 N–H and O–H groups in total. The molecule has 0 saturated carbocycles. The molecule has 4 nitrogen and oxygen atoms in total. The molecular weight excluding hydrogens is 262 g/mol. The van der Waals surface area contributed by atoms with Gasteiger partial charge >= 0.3 is 0 Å². The van der Waals surface area contributed by atoms with Gasteiger partial charge in [0.05, 0.1) is 17.3 Å². The van der Waals surface area contributed by atoms with E-state index < -0.39 is 5.41 Å². The molecule has 2 aromatic rings. The molecule has 0 spiro atoms. The van der Waals surface area contributed by atoms with E-state index in [0.29, 0.717) is 11.3 Å². The Bertz CT molecular complexity index is 754. The highest BCUT2D eigenvalue weighted by Crippen LogP contribution is 2.44. The van der Waals surface area contributed by atoms with Gasteiger partial charge in [0, 0.05) is 24.0 Å². The second-order valence-corrected chi connectivity index (χ2v) is 5.73. The van der Waals surface area contributed by atoms with Crippen molar-refractivity contribution in [3.63, 3.8) is 0 Å². The van der Waals surface area contributed by atoms with Crippen LogP contribution in [0, 0.1) is 5.41 Å². The van der Waals surface area contributed by atoms with Crippen LogP contribution in [0.4, 0.5) is 11.4 Å². The van der Waals surface area contributed by atoms with Gasteiger partial charge < -0.3 is 4.90 Å². The molecule has 0 aliphatic carbocycles. The van der Waals surface area contributed by atoms with Crippen LogP contribution < -0.4 is 4.90 Å². The Morgan fingerprint density at radius 2 is 2.00 bits per heavy atom. The monoisotopic (exact) mass is 277 g/mol. The van der Waals surface area contributed by atoms with Crippen LogP contribution in [0.1, 0.15) is 23.7 Å². The summed E-state index contributed by atoms with van der Waals surface area (Å²) in [5.74, 6) is 1.00. The van der Waals surface area contributed by atoms with E-state index in [2.05, 4.69) is 22.0 Å². The van der Waals surface area contributed by atoms with Gasteiger partial charge in [-0.05, 0) is 31.5 Å². The number of benzene rings is 1. The highest BCUT2D eigenvalue weighted by molar-refractivity contribution is 6.25. The summed E-state index contributed by atoms with van der Waals surface area (Å²) in [5, 5.41) is 0. The average molecular weight is 277 g/mol. The lowest BCUT2D eigenvalue weighted by Crippen LogP contribution is -2.40. The van der Waals surface area contributed by atoms with Crippen LogP contribution in [-0.4, -0.2) is 23.1 Å². The second-order valence-electron chi connectivity index (χ2n) is 5.73. The van der Waals surface area contributed by atoms with Gasteiger partial charge in [-0.15, -0.1) is 0 Å². The van der Waals surface area contributed by atoms with Crippen molar-refractivity contribution in [3.05, 3.63) is 54.4 Å². The first kappa shape index (κ1) is 12.3. The zero-order valence-corrected chi connectivity index (χ0v) is 11.8. The Kier molecular flexibility index (Phi) is 2.48. The van der Waals surface area contributed by atoms with Gasteiger partial charge in [0.2, 0.25) is 0 Å². The first-order valence-electron chi connectivity index (χ1n) is 7.11. The van der Waals surface area contributed by atoms with Gasteiger partial charge in [-0.2, -0.15) is 0 Å². The lowest BCUT2D eigenvalue weighted by Gasteiger charge is -2.30. The largest absolute Gasteiger partial charge is 0.329 e. The van der Waals surface area contributed by atoms with Crippen molar-refractivity contribution in [3.8, 4) is 0 Å². The van der Waals surface area contributed by atoms with Crippen LogP contribution in [0.2, 0.25) is 0 Å². The fourth-order valence-electron chi connectivity index (χ4n) is 3.19. The molecule has 0 bridgehead atoms. The Morgan fingerprint density at radius 3 is 2.81 bits per heavy atom. The SMILES string of the molecule is CC12CCN(c3ccccc3)C1=Nc1cnccc1C2=O. The highest BCUT2D eigenvalue weighted by atomic mass is 16.1. The molecule has 4 rings (SSSR count). The summed E-state index contributed by atoms with van der Waals surface area (Å²) in [7, 11) is 0. The quantitative estimate of drug-likeness (QED) is 0.804. The number of fused-ring (bicyclic) bond motifs is 2. The van der Waals surface area contributed by atoms with Crippen molar-refractivity contribution in [1.29, 1.82) is 0 Å². The number of aromatic nitrogens is 1. The van der Waals surface area contributed by atoms with E-state index in [0.717, 1.165) is 24.5 Å². The summed E-state index contributed by atoms with van der Waals surface area (Å²) in [6.07, 6.45) is 4.12. The van der Waals surface area contributed by atoms with E-state index in [-0.39, 0.29) is 5.78 Å². The van der Waals surface area contributed by atoms with E-state index in [1.54, 1.807) is 18.5 Å². The first-order chi connectivity index (χ1) is 10.2. The molecule has 2 aliphatic heterocycles. The maximum absolute atomic E-state index is 12.9. The number of nitrogens with zero attached hydrogens (tertiary/aromatic N) is 3. The van der Waals surface area contributed by atoms with Gasteiger partial charge in [0.1, 0.15) is 5.84 Å². The Labute approximate surface area is 123 Å². The molecule has 1 atom stereocenters. The standard InChI is InChI=1S/C17H15N3O/c1-17-8-10-20(12-5-3-2-4-6-12)16(17)19-14-11-18-9-7-13(14)15(17)21/h2-7,9,11H,8,10H2,1H3. The summed E-state index contributed by atoms with van der Waals surface area (Å²) in [6.45, 7) is 2.81. The molecule has 1 saturated heterocycles. The summed E-state index contributed by atoms with van der Waals surface area (Å²) in [6, 6.07) is 11.9. The predicted molar refractivity (Wildman–Crippen MR) is 82.2 cm³/mol. The van der Waals surface area contributed by atoms with Crippen molar-refractivity contribution in [2.75, 3.05) is 11.4 Å². The number of rotatable bonds is 1. The Hall–Kier alpha value is -2.49. The van der Waals surface area contributed by atoms with Crippen molar-refractivity contribution in [2.24, 2.45) is 10.4 Å². The smallest absolute Gasteiger partial charge is 0.178 e. The first-order valence-corrected chi connectivity index (χ1v) is 7.11. The third-order valence-corrected chi connectivity index (χ3v) is 4.42. The number of pyridine rings is 1. The van der Waals surface area contributed by atoms with Gasteiger partial charge in [-0.1, -0.05) is 18.2 Å². The van der Waals surface area contributed by atoms with Gasteiger partial charge in [-0.25, -0.2) is 4.99 Å². The van der Waals surface area contributed by atoms with Crippen molar-refractivity contribution in [2.45, 2.75) is 13.3 Å². The zero-order valence-electron chi connectivity index (χ0n) is 11.8. The number of ketones is 1. The van der Waals surface area contributed by atoms with Gasteiger partial charge in [0.15, 0.2) is 5.78 Å². The van der Waals surface area contributed by atoms with E-state index in [1.165, 1.54) is 0 Å². The fourth-order valence-corrected chi connectivity index (χ4v) is 3.19. The number of hydrogen-bond acceptors (Lipinski definition) is 4. The number of Topliss-reactive ketones (excluding diaryl/α,β-unsaturated/α-hetero) is 1. The molecule has 1 fully saturated rings. The molecule has 4 heteroatoms. The third kappa shape index (κ3) is 1.65. The predicted octanol–water partition coefficient (Wildman–Crippen LogP) is 3.22. The lowest BCUT2D eigenvalue weighted by molar-refractivity contribution is 0.0887. The number of carbonyl (C=O) groups excluding carboxylic acids is 1. The van der Waals surface area contributed by atoms with E-state index >= 15 is 0 Å². The highest BCUT2D eigenvalue weighted by Gasteiger charge is 2.49. The topological polar surface area (TPSA) is 45.6 Å². The molecule has 0 radical (unpaired) electrons. The minimum absolute atomic E-state index is 0.156. The normalized spacial score (nSPS) is 23.6. The molecular formula is C17H15N3O.